The summed E-state index contributed by atoms with van der Waals surface area (Å²) in [7, 11) is 1.65. The van der Waals surface area contributed by atoms with Crippen molar-refractivity contribution in [3.05, 3.63) is 5.89 Å². The predicted molar refractivity (Wildman–Crippen MR) is 72.5 cm³/mol. The highest BCUT2D eigenvalue weighted by Gasteiger charge is 2.42. The Morgan fingerprint density at radius 3 is 2.95 bits per heavy atom. The minimum atomic E-state index is -0.550. The van der Waals surface area contributed by atoms with E-state index in [1.165, 1.54) is 0 Å². The lowest BCUT2D eigenvalue weighted by Gasteiger charge is -2.45. The molecular weight excluding hydrogens is 262 g/mol. The summed E-state index contributed by atoms with van der Waals surface area (Å²) in [6, 6.07) is 0. The molecule has 0 aromatic carbocycles. The van der Waals surface area contributed by atoms with Crippen molar-refractivity contribution in [1.29, 1.82) is 0 Å². The van der Waals surface area contributed by atoms with E-state index in [4.69, 9.17) is 9.26 Å². The van der Waals surface area contributed by atoms with E-state index < -0.39 is 11.5 Å². The highest BCUT2D eigenvalue weighted by atomic mass is 16.5. The van der Waals surface area contributed by atoms with Crippen molar-refractivity contribution in [2.45, 2.75) is 32.3 Å². The summed E-state index contributed by atoms with van der Waals surface area (Å²) in [6.07, 6.45) is 1.56. The molecule has 1 fully saturated rings. The van der Waals surface area contributed by atoms with Gasteiger partial charge in [0.1, 0.15) is 0 Å². The first kappa shape index (κ1) is 15.2. The number of rotatable bonds is 6. The van der Waals surface area contributed by atoms with Crippen molar-refractivity contribution in [3.63, 3.8) is 0 Å². The summed E-state index contributed by atoms with van der Waals surface area (Å²) < 4.78 is 10.1. The molecule has 7 nitrogen and oxygen atoms in total. The van der Waals surface area contributed by atoms with Crippen molar-refractivity contribution in [3.8, 4) is 0 Å². The van der Waals surface area contributed by atoms with Crippen molar-refractivity contribution in [2.24, 2.45) is 5.41 Å². The Bertz CT molecular complexity index is 426. The molecule has 1 aromatic rings. The molecule has 0 amide bonds. The molecule has 7 heteroatoms. The molecule has 1 aliphatic heterocycles. The molecule has 2 heterocycles. The third-order valence-corrected chi connectivity index (χ3v) is 4.02. The number of nitrogens with zero attached hydrogens (tertiary/aromatic N) is 3. The van der Waals surface area contributed by atoms with Gasteiger partial charge in [-0.15, -0.1) is 0 Å². The second-order valence-electron chi connectivity index (χ2n) is 5.46. The molecule has 114 valence electrons. The number of piperidine rings is 1. The van der Waals surface area contributed by atoms with Crippen LogP contribution in [0.4, 0.5) is 5.95 Å². The van der Waals surface area contributed by atoms with Gasteiger partial charge in [0.25, 0.3) is 5.95 Å². The monoisotopic (exact) mass is 285 g/mol. The van der Waals surface area contributed by atoms with E-state index in [1.54, 1.807) is 14.0 Å². The summed E-state index contributed by atoms with van der Waals surface area (Å²) in [4.78, 5) is 6.18. The Hall–Kier alpha value is -1.18. The van der Waals surface area contributed by atoms with Crippen LogP contribution in [0, 0.1) is 12.3 Å². The molecule has 1 aromatic heterocycles. The molecule has 0 saturated carbocycles. The first-order valence-electron chi connectivity index (χ1n) is 6.94. The molecule has 2 N–H and O–H groups in total. The maximum Gasteiger partial charge on any atom is 0.266 e. The molecule has 1 saturated heterocycles. The van der Waals surface area contributed by atoms with Gasteiger partial charge in [0.05, 0.1) is 12.7 Å². The predicted octanol–water partition coefficient (Wildman–Crippen LogP) is 0.354. The van der Waals surface area contributed by atoms with Gasteiger partial charge in [-0.25, -0.2) is 0 Å². The van der Waals surface area contributed by atoms with Crippen LogP contribution in [-0.2, 0) is 4.74 Å². The maximum atomic E-state index is 10.3. The summed E-state index contributed by atoms with van der Waals surface area (Å²) in [6.45, 7) is 3.48. The molecular formula is C13H23N3O4. The lowest BCUT2D eigenvalue weighted by atomic mass is 9.74. The third-order valence-electron chi connectivity index (χ3n) is 4.02. The molecule has 0 spiro atoms. The molecule has 0 aliphatic carbocycles. The van der Waals surface area contributed by atoms with Crippen LogP contribution in [0.1, 0.15) is 25.2 Å². The van der Waals surface area contributed by atoms with E-state index in [2.05, 4.69) is 10.1 Å². The van der Waals surface area contributed by atoms with E-state index in [0.717, 1.165) is 6.42 Å². The van der Waals surface area contributed by atoms with Gasteiger partial charge in [0, 0.05) is 39.1 Å². The van der Waals surface area contributed by atoms with Crippen molar-refractivity contribution >= 4 is 5.95 Å². The number of ether oxygens (including phenoxy) is 1. The molecule has 0 unspecified atom stereocenters. The highest BCUT2D eigenvalue weighted by Crippen LogP contribution is 2.35. The average molecular weight is 285 g/mol. The number of anilines is 1. The van der Waals surface area contributed by atoms with E-state index in [1.807, 2.05) is 4.90 Å². The average Bonchev–Trinajstić information content (AvgIpc) is 2.88. The zero-order valence-electron chi connectivity index (χ0n) is 12.1. The second-order valence-corrected chi connectivity index (χ2v) is 5.46. The van der Waals surface area contributed by atoms with Gasteiger partial charge in [0.15, 0.2) is 0 Å². The van der Waals surface area contributed by atoms with Gasteiger partial charge < -0.3 is 24.4 Å². The fourth-order valence-electron chi connectivity index (χ4n) is 2.79. The molecule has 1 aliphatic rings. The van der Waals surface area contributed by atoms with Gasteiger partial charge in [-0.1, -0.05) is 0 Å². The standard InChI is InChI=1S/C13H23N3O4/c1-10-14-12(15-20-10)16-6-4-11(18)13(8-16,9-17)5-3-7-19-2/h11,17-18H,3-9H2,1-2H3/t11-,13+/m1/s1. The zero-order chi connectivity index (χ0) is 14.6. The Morgan fingerprint density at radius 1 is 1.55 bits per heavy atom. The number of aryl methyl sites for hydroxylation is 1. The normalized spacial score (nSPS) is 27.0. The number of hydrogen-bond donors (Lipinski definition) is 2. The van der Waals surface area contributed by atoms with Gasteiger partial charge in [-0.2, -0.15) is 4.98 Å². The molecule has 2 rings (SSSR count). The zero-order valence-corrected chi connectivity index (χ0v) is 12.1. The maximum absolute atomic E-state index is 10.3. The van der Waals surface area contributed by atoms with E-state index >= 15 is 0 Å². The van der Waals surface area contributed by atoms with Gasteiger partial charge in [-0.3, -0.25) is 0 Å². The molecule has 2 atom stereocenters. The highest BCUT2D eigenvalue weighted by molar-refractivity contribution is 5.30. The Balaban J connectivity index is 2.09. The summed E-state index contributed by atoms with van der Waals surface area (Å²) in [5.74, 6) is 1.04. The van der Waals surface area contributed by atoms with Crippen LogP contribution < -0.4 is 4.90 Å². The fraction of sp³-hybridized carbons (Fsp3) is 0.846. The van der Waals surface area contributed by atoms with Crippen LogP contribution in [0.25, 0.3) is 0 Å². The molecule has 20 heavy (non-hydrogen) atoms. The number of aliphatic hydroxyl groups excluding tert-OH is 2. The van der Waals surface area contributed by atoms with Gasteiger partial charge >= 0.3 is 0 Å². The van der Waals surface area contributed by atoms with Crippen molar-refractivity contribution in [2.75, 3.05) is 38.3 Å². The van der Waals surface area contributed by atoms with Crippen LogP contribution in [-0.4, -0.2) is 59.9 Å². The summed E-state index contributed by atoms with van der Waals surface area (Å²) in [5, 5.41) is 24.0. The smallest absolute Gasteiger partial charge is 0.266 e. The Labute approximate surface area is 118 Å². The van der Waals surface area contributed by atoms with E-state index in [0.29, 0.717) is 44.4 Å². The quantitative estimate of drug-likeness (QED) is 0.729. The summed E-state index contributed by atoms with van der Waals surface area (Å²) in [5.41, 5.74) is -0.550. The van der Waals surface area contributed by atoms with Gasteiger partial charge in [0.2, 0.25) is 5.89 Å². The molecule has 0 radical (unpaired) electrons. The number of methoxy groups -OCH3 is 1. The fourth-order valence-corrected chi connectivity index (χ4v) is 2.79. The minimum absolute atomic E-state index is 0.0643. The first-order valence-corrected chi connectivity index (χ1v) is 6.94. The molecule has 0 bridgehead atoms. The number of hydrogen-bond acceptors (Lipinski definition) is 7. The second kappa shape index (κ2) is 6.51. The van der Waals surface area contributed by atoms with Crippen LogP contribution in [0.3, 0.4) is 0 Å². The Morgan fingerprint density at radius 2 is 2.35 bits per heavy atom. The Kier molecular flexibility index (Phi) is 4.95. The minimum Gasteiger partial charge on any atom is -0.396 e. The largest absolute Gasteiger partial charge is 0.396 e. The van der Waals surface area contributed by atoms with E-state index in [-0.39, 0.29) is 6.61 Å². The number of aromatic nitrogens is 2. The van der Waals surface area contributed by atoms with Gasteiger partial charge in [-0.05, 0) is 24.4 Å². The van der Waals surface area contributed by atoms with Crippen molar-refractivity contribution < 1.29 is 19.5 Å². The lowest BCUT2D eigenvalue weighted by Crippen LogP contribution is -2.54. The van der Waals surface area contributed by atoms with Crippen LogP contribution >= 0.6 is 0 Å². The van der Waals surface area contributed by atoms with Crippen LogP contribution in [0.5, 0.6) is 0 Å². The van der Waals surface area contributed by atoms with Crippen LogP contribution in [0.15, 0.2) is 4.52 Å². The topological polar surface area (TPSA) is 91.9 Å². The van der Waals surface area contributed by atoms with E-state index in [9.17, 15) is 10.2 Å². The third kappa shape index (κ3) is 3.11. The number of aliphatic hydroxyl groups is 2. The lowest BCUT2D eigenvalue weighted by molar-refractivity contribution is -0.0390. The van der Waals surface area contributed by atoms with Crippen molar-refractivity contribution in [1.82, 2.24) is 10.1 Å². The van der Waals surface area contributed by atoms with Crippen LogP contribution in [0.2, 0.25) is 0 Å². The first-order chi connectivity index (χ1) is 9.61. The summed E-state index contributed by atoms with van der Waals surface area (Å²) >= 11 is 0. The SMILES string of the molecule is COCCC[C@@]1(CO)CN(c2noc(C)n2)CC[C@H]1O.